The van der Waals surface area contributed by atoms with Crippen molar-refractivity contribution in [1.29, 1.82) is 5.26 Å². The first-order valence-electron chi connectivity index (χ1n) is 3.32. The molecule has 0 aliphatic heterocycles. The van der Waals surface area contributed by atoms with Crippen LogP contribution in [0.3, 0.4) is 0 Å². The molecule has 0 aromatic heterocycles. The van der Waals surface area contributed by atoms with Crippen molar-refractivity contribution < 1.29 is 0 Å². The Kier molecular flexibility index (Phi) is 2.31. The fourth-order valence-corrected chi connectivity index (χ4v) is 1.24. The van der Waals surface area contributed by atoms with Gasteiger partial charge in [-0.1, -0.05) is 15.9 Å². The number of benzene rings is 1. The van der Waals surface area contributed by atoms with Crippen molar-refractivity contribution in [2.24, 2.45) is 0 Å². The fourth-order valence-electron chi connectivity index (χ4n) is 1.01. The van der Waals surface area contributed by atoms with Gasteiger partial charge in [0, 0.05) is 4.47 Å². The standard InChI is InChI=1S/C9H8BrN/c1-6-3-8(5-11)4-7(2)9(6)10/h3-4H,1-2H3. The van der Waals surface area contributed by atoms with Crippen LogP contribution in [0.25, 0.3) is 0 Å². The first kappa shape index (κ1) is 8.29. The second-order valence-corrected chi connectivity index (χ2v) is 3.33. The van der Waals surface area contributed by atoms with Gasteiger partial charge in [0.05, 0.1) is 11.6 Å². The van der Waals surface area contributed by atoms with Crippen LogP contribution in [0.2, 0.25) is 0 Å². The van der Waals surface area contributed by atoms with E-state index in [0.717, 1.165) is 21.2 Å². The molecule has 0 saturated heterocycles. The Morgan fingerprint density at radius 3 is 2.09 bits per heavy atom. The highest BCUT2D eigenvalue weighted by Gasteiger charge is 2.00. The second-order valence-electron chi connectivity index (χ2n) is 2.54. The van der Waals surface area contributed by atoms with Gasteiger partial charge in [-0.2, -0.15) is 5.26 Å². The zero-order valence-corrected chi connectivity index (χ0v) is 8.07. The summed E-state index contributed by atoms with van der Waals surface area (Å²) >= 11 is 3.43. The van der Waals surface area contributed by atoms with E-state index in [2.05, 4.69) is 22.0 Å². The van der Waals surface area contributed by atoms with Crippen LogP contribution in [-0.2, 0) is 0 Å². The number of halogens is 1. The third-order valence-corrected chi connectivity index (χ3v) is 2.82. The molecule has 0 atom stereocenters. The Balaban J connectivity index is 3.35. The molecular weight excluding hydrogens is 202 g/mol. The van der Waals surface area contributed by atoms with E-state index >= 15 is 0 Å². The fraction of sp³-hybridized carbons (Fsp3) is 0.222. The molecule has 1 aromatic rings. The summed E-state index contributed by atoms with van der Waals surface area (Å²) in [6.45, 7) is 3.97. The molecule has 1 aromatic carbocycles. The molecule has 0 N–H and O–H groups in total. The molecule has 0 unspecified atom stereocenters. The van der Waals surface area contributed by atoms with Gasteiger partial charge in [0.2, 0.25) is 0 Å². The summed E-state index contributed by atoms with van der Waals surface area (Å²) in [5, 5.41) is 8.61. The molecule has 1 rings (SSSR count). The van der Waals surface area contributed by atoms with E-state index in [4.69, 9.17) is 5.26 Å². The van der Waals surface area contributed by atoms with Crippen molar-refractivity contribution in [2.75, 3.05) is 0 Å². The Hall–Kier alpha value is -0.810. The Bertz CT molecular complexity index is 300. The van der Waals surface area contributed by atoms with Gasteiger partial charge >= 0.3 is 0 Å². The Morgan fingerprint density at radius 1 is 1.27 bits per heavy atom. The zero-order chi connectivity index (χ0) is 8.43. The molecule has 0 aliphatic carbocycles. The van der Waals surface area contributed by atoms with Gasteiger partial charge in [-0.05, 0) is 37.1 Å². The number of nitriles is 1. The van der Waals surface area contributed by atoms with E-state index in [-0.39, 0.29) is 0 Å². The minimum Gasteiger partial charge on any atom is -0.192 e. The van der Waals surface area contributed by atoms with Crippen molar-refractivity contribution in [3.8, 4) is 6.07 Å². The molecule has 0 bridgehead atoms. The molecule has 0 heterocycles. The van der Waals surface area contributed by atoms with Crippen LogP contribution in [0.4, 0.5) is 0 Å². The average molecular weight is 210 g/mol. The lowest BCUT2D eigenvalue weighted by Crippen LogP contribution is -1.84. The van der Waals surface area contributed by atoms with Crippen molar-refractivity contribution in [2.45, 2.75) is 13.8 Å². The van der Waals surface area contributed by atoms with Gasteiger partial charge in [-0.15, -0.1) is 0 Å². The first-order chi connectivity index (χ1) is 5.15. The molecule has 0 saturated carbocycles. The van der Waals surface area contributed by atoms with Crippen molar-refractivity contribution in [3.05, 3.63) is 33.3 Å². The lowest BCUT2D eigenvalue weighted by molar-refractivity contribution is 1.32. The molecule has 0 fully saturated rings. The minimum absolute atomic E-state index is 0.725. The predicted molar refractivity (Wildman–Crippen MR) is 48.3 cm³/mol. The van der Waals surface area contributed by atoms with E-state index < -0.39 is 0 Å². The molecule has 11 heavy (non-hydrogen) atoms. The maximum absolute atomic E-state index is 8.61. The predicted octanol–water partition coefficient (Wildman–Crippen LogP) is 2.94. The highest BCUT2D eigenvalue weighted by molar-refractivity contribution is 9.10. The molecule has 0 amide bonds. The lowest BCUT2D eigenvalue weighted by atomic mass is 10.1. The number of rotatable bonds is 0. The Morgan fingerprint density at radius 2 is 1.73 bits per heavy atom. The van der Waals surface area contributed by atoms with E-state index in [9.17, 15) is 0 Å². The van der Waals surface area contributed by atoms with Gasteiger partial charge in [0.1, 0.15) is 0 Å². The third kappa shape index (κ3) is 1.61. The van der Waals surface area contributed by atoms with Gasteiger partial charge in [-0.25, -0.2) is 0 Å². The number of aryl methyl sites for hydroxylation is 2. The van der Waals surface area contributed by atoms with Crippen LogP contribution in [-0.4, -0.2) is 0 Å². The lowest BCUT2D eigenvalue weighted by Gasteiger charge is -2.01. The van der Waals surface area contributed by atoms with Crippen molar-refractivity contribution in [3.63, 3.8) is 0 Å². The van der Waals surface area contributed by atoms with E-state index in [0.29, 0.717) is 0 Å². The van der Waals surface area contributed by atoms with Crippen molar-refractivity contribution >= 4 is 15.9 Å². The second kappa shape index (κ2) is 3.06. The molecule has 0 radical (unpaired) electrons. The molecular formula is C9H8BrN. The molecule has 2 heteroatoms. The third-order valence-electron chi connectivity index (χ3n) is 1.57. The number of hydrogen-bond donors (Lipinski definition) is 0. The normalized spacial score (nSPS) is 9.27. The number of hydrogen-bond acceptors (Lipinski definition) is 1. The monoisotopic (exact) mass is 209 g/mol. The van der Waals surface area contributed by atoms with Gasteiger partial charge < -0.3 is 0 Å². The van der Waals surface area contributed by atoms with Crippen LogP contribution in [0, 0.1) is 25.2 Å². The summed E-state index contributed by atoms with van der Waals surface area (Å²) in [5.74, 6) is 0. The van der Waals surface area contributed by atoms with Gasteiger partial charge in [0.25, 0.3) is 0 Å². The first-order valence-corrected chi connectivity index (χ1v) is 4.11. The topological polar surface area (TPSA) is 23.8 Å². The summed E-state index contributed by atoms with van der Waals surface area (Å²) in [6, 6.07) is 5.86. The smallest absolute Gasteiger partial charge is 0.0991 e. The van der Waals surface area contributed by atoms with E-state index in [1.165, 1.54) is 0 Å². The Labute approximate surface area is 74.8 Å². The maximum atomic E-state index is 8.61. The van der Waals surface area contributed by atoms with Crippen LogP contribution in [0.1, 0.15) is 16.7 Å². The summed E-state index contributed by atoms with van der Waals surface area (Å²) in [7, 11) is 0. The number of nitrogens with zero attached hydrogens (tertiary/aromatic N) is 1. The van der Waals surface area contributed by atoms with Crippen LogP contribution in [0.5, 0.6) is 0 Å². The largest absolute Gasteiger partial charge is 0.192 e. The average Bonchev–Trinajstić information content (AvgIpc) is 1.99. The van der Waals surface area contributed by atoms with Gasteiger partial charge in [0.15, 0.2) is 0 Å². The molecule has 1 nitrogen and oxygen atoms in total. The van der Waals surface area contributed by atoms with E-state index in [1.807, 2.05) is 26.0 Å². The van der Waals surface area contributed by atoms with Crippen molar-refractivity contribution in [1.82, 2.24) is 0 Å². The van der Waals surface area contributed by atoms with E-state index in [1.54, 1.807) is 0 Å². The summed E-state index contributed by atoms with van der Waals surface area (Å²) in [6.07, 6.45) is 0. The molecule has 0 aliphatic rings. The van der Waals surface area contributed by atoms with Crippen LogP contribution >= 0.6 is 15.9 Å². The maximum Gasteiger partial charge on any atom is 0.0991 e. The zero-order valence-electron chi connectivity index (χ0n) is 6.48. The molecule has 0 spiro atoms. The van der Waals surface area contributed by atoms with Crippen LogP contribution in [0.15, 0.2) is 16.6 Å². The molecule has 56 valence electrons. The SMILES string of the molecule is Cc1cc(C#N)cc(C)c1Br. The summed E-state index contributed by atoms with van der Waals surface area (Å²) in [5.41, 5.74) is 2.95. The highest BCUT2D eigenvalue weighted by Crippen LogP contribution is 2.21. The minimum atomic E-state index is 0.725. The summed E-state index contributed by atoms with van der Waals surface area (Å²) < 4.78 is 1.09. The van der Waals surface area contributed by atoms with Crippen LogP contribution < -0.4 is 0 Å². The highest BCUT2D eigenvalue weighted by atomic mass is 79.9. The quantitative estimate of drug-likeness (QED) is 0.645. The van der Waals surface area contributed by atoms with Gasteiger partial charge in [-0.3, -0.25) is 0 Å². The summed E-state index contributed by atoms with van der Waals surface area (Å²) in [4.78, 5) is 0.